The summed E-state index contributed by atoms with van der Waals surface area (Å²) in [6.07, 6.45) is 3.23. The van der Waals surface area contributed by atoms with Crippen molar-refractivity contribution in [3.05, 3.63) is 64.6 Å². The summed E-state index contributed by atoms with van der Waals surface area (Å²) in [7, 11) is 3.42. The lowest BCUT2D eigenvalue weighted by Gasteiger charge is -2.09. The summed E-state index contributed by atoms with van der Waals surface area (Å²) in [5.41, 5.74) is 1.61. The molecule has 0 aliphatic rings. The van der Waals surface area contributed by atoms with Crippen LogP contribution in [0.2, 0.25) is 0 Å². The van der Waals surface area contributed by atoms with Crippen LogP contribution in [-0.2, 0) is 4.79 Å². The normalized spacial score (nSPS) is 10.6. The highest BCUT2D eigenvalue weighted by Crippen LogP contribution is 2.22. The third kappa shape index (κ3) is 5.54. The monoisotopic (exact) mass is 404 g/mol. The molecule has 2 rings (SSSR count). The van der Waals surface area contributed by atoms with E-state index in [0.717, 1.165) is 26.7 Å². The molecule has 0 saturated carbocycles. The minimum Gasteiger partial charge on any atom is -0.339 e. The maximum atomic E-state index is 12.0. The van der Waals surface area contributed by atoms with Crippen molar-refractivity contribution in [2.24, 2.45) is 0 Å². The molecule has 124 valence electrons. The number of amides is 2. The van der Waals surface area contributed by atoms with Crippen LogP contribution < -0.4 is 5.32 Å². The van der Waals surface area contributed by atoms with Gasteiger partial charge in [-0.1, -0.05) is 34.1 Å². The molecule has 0 radical (unpaired) electrons. The molecule has 0 bridgehead atoms. The minimum absolute atomic E-state index is 0.0387. The van der Waals surface area contributed by atoms with Crippen LogP contribution in [0.5, 0.6) is 0 Å². The number of rotatable bonds is 4. The molecular formula is C18H17BrN2O2S. The van der Waals surface area contributed by atoms with Gasteiger partial charge in [-0.2, -0.15) is 0 Å². The summed E-state index contributed by atoms with van der Waals surface area (Å²) in [6.45, 7) is 0. The molecule has 4 nitrogen and oxygen atoms in total. The Bertz CT molecular complexity index is 758. The van der Waals surface area contributed by atoms with E-state index < -0.39 is 0 Å². The topological polar surface area (TPSA) is 49.4 Å². The maximum absolute atomic E-state index is 12.0. The number of carbonyl (C=O) groups is 2. The molecule has 1 N–H and O–H groups in total. The third-order valence-corrected chi connectivity index (χ3v) is 4.78. The van der Waals surface area contributed by atoms with Gasteiger partial charge in [0.25, 0.3) is 5.24 Å². The third-order valence-electron chi connectivity index (χ3n) is 3.01. The highest BCUT2D eigenvalue weighted by molar-refractivity contribution is 9.10. The number of thioether (sulfide) groups is 1. The molecule has 0 heterocycles. The predicted octanol–water partition coefficient (Wildman–Crippen LogP) is 4.87. The number of halogens is 1. The van der Waals surface area contributed by atoms with Crippen molar-refractivity contribution >= 4 is 50.6 Å². The zero-order valence-corrected chi connectivity index (χ0v) is 15.7. The van der Waals surface area contributed by atoms with E-state index in [0.29, 0.717) is 5.69 Å². The minimum atomic E-state index is -0.212. The van der Waals surface area contributed by atoms with E-state index in [1.165, 1.54) is 11.0 Å². The number of benzene rings is 2. The van der Waals surface area contributed by atoms with Crippen molar-refractivity contribution < 1.29 is 9.59 Å². The number of hydrogen-bond acceptors (Lipinski definition) is 3. The lowest BCUT2D eigenvalue weighted by atomic mass is 10.2. The summed E-state index contributed by atoms with van der Waals surface area (Å²) >= 11 is 4.58. The lowest BCUT2D eigenvalue weighted by molar-refractivity contribution is -0.111. The molecule has 2 aromatic carbocycles. The molecule has 0 aliphatic carbocycles. The van der Waals surface area contributed by atoms with Crippen molar-refractivity contribution in [3.8, 4) is 0 Å². The first-order valence-corrected chi connectivity index (χ1v) is 8.79. The summed E-state index contributed by atoms with van der Waals surface area (Å²) in [5.74, 6) is -0.212. The number of nitrogens with zero attached hydrogens (tertiary/aromatic N) is 1. The second-order valence-corrected chi connectivity index (χ2v) is 7.01. The molecule has 0 fully saturated rings. The largest absolute Gasteiger partial charge is 0.339 e. The van der Waals surface area contributed by atoms with E-state index in [2.05, 4.69) is 21.2 Å². The van der Waals surface area contributed by atoms with Crippen LogP contribution in [0.25, 0.3) is 6.08 Å². The van der Waals surface area contributed by atoms with E-state index in [1.807, 2.05) is 24.3 Å². The van der Waals surface area contributed by atoms with Gasteiger partial charge >= 0.3 is 0 Å². The van der Waals surface area contributed by atoms with Crippen LogP contribution in [0.3, 0.4) is 0 Å². The number of carbonyl (C=O) groups excluding carboxylic acids is 2. The zero-order valence-electron chi connectivity index (χ0n) is 13.3. The van der Waals surface area contributed by atoms with E-state index in [9.17, 15) is 9.59 Å². The van der Waals surface area contributed by atoms with Gasteiger partial charge in [-0.25, -0.2) is 0 Å². The standard InChI is InChI=1S/C18H17BrN2O2S/c1-21(2)18(23)24-15-10-8-14(9-11-15)20-17(22)12-7-13-5-3-4-6-16(13)19/h3-12H,1-2H3,(H,20,22)/b12-7+. The smallest absolute Gasteiger partial charge is 0.285 e. The Balaban J connectivity index is 1.95. The van der Waals surface area contributed by atoms with Crippen molar-refractivity contribution in [3.63, 3.8) is 0 Å². The first-order chi connectivity index (χ1) is 11.5. The van der Waals surface area contributed by atoms with E-state index in [-0.39, 0.29) is 11.1 Å². The van der Waals surface area contributed by atoms with Gasteiger partial charge in [0.05, 0.1) is 0 Å². The van der Waals surface area contributed by atoms with Gasteiger partial charge in [-0.15, -0.1) is 0 Å². The number of hydrogen-bond donors (Lipinski definition) is 1. The Labute approximate surface area is 154 Å². The van der Waals surface area contributed by atoms with Crippen LogP contribution in [0.4, 0.5) is 10.5 Å². The van der Waals surface area contributed by atoms with Crippen LogP contribution >= 0.6 is 27.7 Å². The van der Waals surface area contributed by atoms with Crippen molar-refractivity contribution in [2.45, 2.75) is 4.90 Å². The molecule has 0 spiro atoms. The Kier molecular flexibility index (Phi) is 6.63. The highest BCUT2D eigenvalue weighted by atomic mass is 79.9. The predicted molar refractivity (Wildman–Crippen MR) is 103 cm³/mol. The molecule has 24 heavy (non-hydrogen) atoms. The van der Waals surface area contributed by atoms with Gasteiger partial charge in [0.15, 0.2) is 0 Å². The van der Waals surface area contributed by atoms with Gasteiger partial charge in [0.2, 0.25) is 5.91 Å². The van der Waals surface area contributed by atoms with E-state index in [1.54, 1.807) is 44.4 Å². The fourth-order valence-electron chi connectivity index (χ4n) is 1.76. The second-order valence-electron chi connectivity index (χ2n) is 5.13. The van der Waals surface area contributed by atoms with E-state index >= 15 is 0 Å². The van der Waals surface area contributed by atoms with Crippen LogP contribution in [0.15, 0.2) is 64.0 Å². The number of nitrogens with one attached hydrogen (secondary N) is 1. The fourth-order valence-corrected chi connectivity index (χ4v) is 2.83. The average molecular weight is 405 g/mol. The SMILES string of the molecule is CN(C)C(=O)Sc1ccc(NC(=O)/C=C/c2ccccc2Br)cc1. The Morgan fingerprint density at radius 2 is 1.75 bits per heavy atom. The molecule has 0 aromatic heterocycles. The molecule has 6 heteroatoms. The molecule has 0 saturated heterocycles. The Morgan fingerprint density at radius 1 is 1.08 bits per heavy atom. The number of anilines is 1. The van der Waals surface area contributed by atoms with Crippen molar-refractivity contribution in [1.82, 2.24) is 4.90 Å². The first kappa shape index (κ1) is 18.3. The molecule has 0 aliphatic heterocycles. The quantitative estimate of drug-likeness (QED) is 0.583. The summed E-state index contributed by atoms with van der Waals surface area (Å²) in [4.78, 5) is 25.9. The first-order valence-electron chi connectivity index (χ1n) is 7.18. The maximum Gasteiger partial charge on any atom is 0.285 e. The lowest BCUT2D eigenvalue weighted by Crippen LogP contribution is -2.16. The van der Waals surface area contributed by atoms with Crippen LogP contribution in [0, 0.1) is 0 Å². The van der Waals surface area contributed by atoms with Gasteiger partial charge in [-0.05, 0) is 53.7 Å². The van der Waals surface area contributed by atoms with Gasteiger partial charge in [-0.3, -0.25) is 9.59 Å². The fraction of sp³-hybridized carbons (Fsp3) is 0.111. The van der Waals surface area contributed by atoms with Crippen LogP contribution in [0.1, 0.15) is 5.56 Å². The Hall–Kier alpha value is -2.05. The summed E-state index contributed by atoms with van der Waals surface area (Å²) in [5, 5.41) is 2.75. The van der Waals surface area contributed by atoms with Crippen molar-refractivity contribution in [1.29, 1.82) is 0 Å². The second kappa shape index (κ2) is 8.70. The molecule has 0 unspecified atom stereocenters. The van der Waals surface area contributed by atoms with E-state index in [4.69, 9.17) is 0 Å². The van der Waals surface area contributed by atoms with Gasteiger partial charge < -0.3 is 10.2 Å². The average Bonchev–Trinajstić information content (AvgIpc) is 2.56. The highest BCUT2D eigenvalue weighted by Gasteiger charge is 2.06. The summed E-state index contributed by atoms with van der Waals surface area (Å²) in [6, 6.07) is 14.8. The zero-order chi connectivity index (χ0) is 17.5. The molecule has 2 amide bonds. The molecular weight excluding hydrogens is 388 g/mol. The molecule has 0 atom stereocenters. The van der Waals surface area contributed by atoms with Gasteiger partial charge in [0, 0.05) is 35.2 Å². The summed E-state index contributed by atoms with van der Waals surface area (Å²) < 4.78 is 0.931. The van der Waals surface area contributed by atoms with Crippen LogP contribution in [-0.4, -0.2) is 30.1 Å². The van der Waals surface area contributed by atoms with Crippen molar-refractivity contribution in [2.75, 3.05) is 19.4 Å². The molecule has 2 aromatic rings. The van der Waals surface area contributed by atoms with Gasteiger partial charge in [0.1, 0.15) is 0 Å². The Morgan fingerprint density at radius 3 is 2.38 bits per heavy atom.